The third-order valence-electron chi connectivity index (χ3n) is 3.81. The lowest BCUT2D eigenvalue weighted by Gasteiger charge is -2.08. The van der Waals surface area contributed by atoms with E-state index in [0.717, 1.165) is 28.4 Å². The van der Waals surface area contributed by atoms with Gasteiger partial charge in [0.25, 0.3) is 0 Å². The lowest BCUT2D eigenvalue weighted by atomic mass is 10.1. The number of nitrogens with zero attached hydrogens (tertiary/aromatic N) is 1. The molecule has 0 saturated carbocycles. The van der Waals surface area contributed by atoms with Crippen LogP contribution in [-0.4, -0.2) is 22.5 Å². The van der Waals surface area contributed by atoms with Gasteiger partial charge in [0.1, 0.15) is 5.75 Å². The van der Waals surface area contributed by atoms with E-state index in [1.165, 1.54) is 0 Å². The maximum absolute atomic E-state index is 12.1. The van der Waals surface area contributed by atoms with E-state index < -0.39 is 0 Å². The number of imidazole rings is 1. The number of carbonyl (C=O) groups excluding carboxylic acids is 1. The number of carbonyl (C=O) groups is 1. The van der Waals surface area contributed by atoms with Crippen molar-refractivity contribution in [3.8, 4) is 17.0 Å². The van der Waals surface area contributed by atoms with Crippen molar-refractivity contribution in [1.82, 2.24) is 9.97 Å². The molecule has 1 amide bonds. The van der Waals surface area contributed by atoms with E-state index in [4.69, 9.17) is 4.74 Å². The molecule has 5 nitrogen and oxygen atoms in total. The molecule has 0 aliphatic heterocycles. The van der Waals surface area contributed by atoms with Crippen molar-refractivity contribution in [1.29, 1.82) is 0 Å². The molecule has 0 spiro atoms. The Labute approximate surface area is 147 Å². The monoisotopic (exact) mass is 335 g/mol. The number of ether oxygens (including phenoxy) is 1. The average molecular weight is 335 g/mol. The highest BCUT2D eigenvalue weighted by molar-refractivity contribution is 5.91. The predicted molar refractivity (Wildman–Crippen MR) is 98.6 cm³/mol. The zero-order valence-corrected chi connectivity index (χ0v) is 14.2. The number of anilines is 1. The van der Waals surface area contributed by atoms with Gasteiger partial charge in [0.15, 0.2) is 0 Å². The smallest absolute Gasteiger partial charge is 0.224 e. The number of aromatic nitrogens is 2. The average Bonchev–Trinajstić information content (AvgIpc) is 3.06. The SMILES string of the molecule is Cc1[nH]cnc1-c1cccc(NC(=O)CCCOc2ccccc2)c1. The minimum Gasteiger partial charge on any atom is -0.494 e. The van der Waals surface area contributed by atoms with Crippen LogP contribution in [0.4, 0.5) is 5.69 Å². The van der Waals surface area contributed by atoms with Crippen molar-refractivity contribution in [3.05, 3.63) is 66.6 Å². The number of aryl methyl sites for hydroxylation is 1. The van der Waals surface area contributed by atoms with Crippen LogP contribution in [0.15, 0.2) is 60.9 Å². The predicted octanol–water partition coefficient (Wildman–Crippen LogP) is 4.18. The fourth-order valence-electron chi connectivity index (χ4n) is 2.56. The molecule has 25 heavy (non-hydrogen) atoms. The number of benzene rings is 2. The summed E-state index contributed by atoms with van der Waals surface area (Å²) in [7, 11) is 0. The molecule has 5 heteroatoms. The second-order valence-electron chi connectivity index (χ2n) is 5.77. The molecule has 128 valence electrons. The van der Waals surface area contributed by atoms with Gasteiger partial charge in [-0.2, -0.15) is 0 Å². The molecule has 0 unspecified atom stereocenters. The first-order valence-corrected chi connectivity index (χ1v) is 8.30. The summed E-state index contributed by atoms with van der Waals surface area (Å²) in [4.78, 5) is 19.5. The first kappa shape index (κ1) is 16.8. The van der Waals surface area contributed by atoms with Crippen molar-refractivity contribution in [2.24, 2.45) is 0 Å². The summed E-state index contributed by atoms with van der Waals surface area (Å²) in [5.41, 5.74) is 3.65. The van der Waals surface area contributed by atoms with Crippen LogP contribution in [0.1, 0.15) is 18.5 Å². The van der Waals surface area contributed by atoms with Gasteiger partial charge in [0.2, 0.25) is 5.91 Å². The summed E-state index contributed by atoms with van der Waals surface area (Å²) in [6, 6.07) is 17.3. The van der Waals surface area contributed by atoms with Crippen molar-refractivity contribution < 1.29 is 9.53 Å². The maximum atomic E-state index is 12.1. The normalized spacial score (nSPS) is 10.4. The Hall–Kier alpha value is -3.08. The molecule has 0 aliphatic rings. The van der Waals surface area contributed by atoms with E-state index >= 15 is 0 Å². The second kappa shape index (κ2) is 8.15. The van der Waals surface area contributed by atoms with Gasteiger partial charge >= 0.3 is 0 Å². The second-order valence-corrected chi connectivity index (χ2v) is 5.77. The zero-order chi connectivity index (χ0) is 17.5. The number of rotatable bonds is 7. The molecule has 0 radical (unpaired) electrons. The molecule has 1 heterocycles. The molecule has 2 aromatic carbocycles. The van der Waals surface area contributed by atoms with Crippen LogP contribution >= 0.6 is 0 Å². The number of hydrogen-bond donors (Lipinski definition) is 2. The summed E-state index contributed by atoms with van der Waals surface area (Å²) in [5, 5.41) is 2.93. The summed E-state index contributed by atoms with van der Waals surface area (Å²) in [6.45, 7) is 2.49. The molecular weight excluding hydrogens is 314 g/mol. The number of amides is 1. The number of nitrogens with one attached hydrogen (secondary N) is 2. The van der Waals surface area contributed by atoms with Crippen molar-refractivity contribution in [2.45, 2.75) is 19.8 Å². The van der Waals surface area contributed by atoms with Crippen molar-refractivity contribution in [2.75, 3.05) is 11.9 Å². The molecule has 3 aromatic rings. The molecule has 2 N–H and O–H groups in total. The van der Waals surface area contributed by atoms with Gasteiger partial charge in [-0.05, 0) is 37.6 Å². The highest BCUT2D eigenvalue weighted by Crippen LogP contribution is 2.23. The quantitative estimate of drug-likeness (QED) is 0.636. The van der Waals surface area contributed by atoms with E-state index in [9.17, 15) is 4.79 Å². The minimum atomic E-state index is -0.0208. The number of hydrogen-bond acceptors (Lipinski definition) is 3. The third-order valence-corrected chi connectivity index (χ3v) is 3.81. The third kappa shape index (κ3) is 4.70. The molecule has 3 rings (SSSR count). The van der Waals surface area contributed by atoms with Gasteiger partial charge in [-0.3, -0.25) is 4.79 Å². The molecule has 0 fully saturated rings. The van der Waals surface area contributed by atoms with Crippen molar-refractivity contribution in [3.63, 3.8) is 0 Å². The van der Waals surface area contributed by atoms with E-state index in [2.05, 4.69) is 15.3 Å². The number of para-hydroxylation sites is 1. The summed E-state index contributed by atoms with van der Waals surface area (Å²) >= 11 is 0. The van der Waals surface area contributed by atoms with Gasteiger partial charge in [-0.15, -0.1) is 0 Å². The Morgan fingerprint density at radius 3 is 2.76 bits per heavy atom. The largest absolute Gasteiger partial charge is 0.494 e. The Morgan fingerprint density at radius 2 is 2.00 bits per heavy atom. The Kier molecular flexibility index (Phi) is 5.46. The molecule has 1 aromatic heterocycles. The Morgan fingerprint density at radius 1 is 1.16 bits per heavy atom. The lowest BCUT2D eigenvalue weighted by molar-refractivity contribution is -0.116. The van der Waals surface area contributed by atoms with Crippen LogP contribution in [-0.2, 0) is 4.79 Å². The summed E-state index contributed by atoms with van der Waals surface area (Å²) in [6.07, 6.45) is 2.75. The van der Waals surface area contributed by atoms with Crippen LogP contribution in [0, 0.1) is 6.92 Å². The fourth-order valence-corrected chi connectivity index (χ4v) is 2.56. The Balaban J connectivity index is 1.49. The van der Waals surface area contributed by atoms with E-state index in [-0.39, 0.29) is 5.91 Å². The van der Waals surface area contributed by atoms with Crippen LogP contribution in [0.5, 0.6) is 5.75 Å². The maximum Gasteiger partial charge on any atom is 0.224 e. The first-order valence-electron chi connectivity index (χ1n) is 8.30. The van der Waals surface area contributed by atoms with Crippen molar-refractivity contribution >= 4 is 11.6 Å². The molecule has 0 bridgehead atoms. The zero-order valence-electron chi connectivity index (χ0n) is 14.2. The van der Waals surface area contributed by atoms with Gasteiger partial charge in [-0.1, -0.05) is 30.3 Å². The van der Waals surface area contributed by atoms with E-state index in [1.807, 2.05) is 61.5 Å². The molecule has 0 atom stereocenters. The van der Waals surface area contributed by atoms with E-state index in [1.54, 1.807) is 6.33 Å². The summed E-state index contributed by atoms with van der Waals surface area (Å²) in [5.74, 6) is 0.803. The minimum absolute atomic E-state index is 0.0208. The van der Waals surface area contributed by atoms with Gasteiger partial charge in [0, 0.05) is 23.4 Å². The highest BCUT2D eigenvalue weighted by atomic mass is 16.5. The van der Waals surface area contributed by atoms with Gasteiger partial charge in [0.05, 0.1) is 18.6 Å². The van der Waals surface area contributed by atoms with Crippen LogP contribution in [0.3, 0.4) is 0 Å². The molecule has 0 saturated heterocycles. The topological polar surface area (TPSA) is 67.0 Å². The van der Waals surface area contributed by atoms with E-state index in [0.29, 0.717) is 19.4 Å². The standard InChI is InChI=1S/C20H21N3O2/c1-15-20(22-14-21-15)16-7-5-8-17(13-16)23-19(24)11-6-12-25-18-9-3-2-4-10-18/h2-5,7-10,13-14H,6,11-12H2,1H3,(H,21,22)(H,23,24). The number of H-pyrrole nitrogens is 1. The molecule has 0 aliphatic carbocycles. The van der Waals surface area contributed by atoms with Crippen LogP contribution < -0.4 is 10.1 Å². The Bertz CT molecular complexity index is 828. The fraction of sp³-hybridized carbons (Fsp3) is 0.200. The van der Waals surface area contributed by atoms with Crippen LogP contribution in [0.25, 0.3) is 11.3 Å². The number of aromatic amines is 1. The first-order chi connectivity index (χ1) is 12.2. The van der Waals surface area contributed by atoms with Gasteiger partial charge in [-0.25, -0.2) is 4.98 Å². The van der Waals surface area contributed by atoms with Crippen LogP contribution in [0.2, 0.25) is 0 Å². The highest BCUT2D eigenvalue weighted by Gasteiger charge is 2.07. The molecular formula is C20H21N3O2. The summed E-state index contributed by atoms with van der Waals surface area (Å²) < 4.78 is 5.60. The lowest BCUT2D eigenvalue weighted by Crippen LogP contribution is -2.12. The van der Waals surface area contributed by atoms with Gasteiger partial charge < -0.3 is 15.0 Å².